The van der Waals surface area contributed by atoms with E-state index in [0.717, 1.165) is 26.1 Å². The van der Waals surface area contributed by atoms with Crippen molar-refractivity contribution < 1.29 is 9.53 Å². The molecule has 2 rings (SSSR count). The third-order valence-electron chi connectivity index (χ3n) is 4.07. The van der Waals surface area contributed by atoms with Gasteiger partial charge in [-0.2, -0.15) is 0 Å². The van der Waals surface area contributed by atoms with Crippen LogP contribution in [0.25, 0.3) is 0 Å². The maximum Gasteiger partial charge on any atom is 0.224 e. The smallest absolute Gasteiger partial charge is 0.224 e. The van der Waals surface area contributed by atoms with Crippen molar-refractivity contribution in [1.82, 2.24) is 4.90 Å². The lowest BCUT2D eigenvalue weighted by Gasteiger charge is -2.20. The van der Waals surface area contributed by atoms with E-state index in [1.807, 2.05) is 6.07 Å². The molecule has 0 spiro atoms. The maximum absolute atomic E-state index is 12.2. The van der Waals surface area contributed by atoms with E-state index < -0.39 is 0 Å². The Kier molecular flexibility index (Phi) is 7.29. The van der Waals surface area contributed by atoms with Gasteiger partial charge in [-0.3, -0.25) is 9.69 Å². The zero-order valence-corrected chi connectivity index (χ0v) is 15.0. The molecule has 5 heteroatoms. The third kappa shape index (κ3) is 6.12. The number of nitrogens with one attached hydrogen (secondary N) is 1. The number of methoxy groups -OCH3 is 1. The minimum absolute atomic E-state index is 0.0281. The fraction of sp³-hybridized carbons (Fsp3) is 0.350. The van der Waals surface area contributed by atoms with E-state index in [-0.39, 0.29) is 5.91 Å². The van der Waals surface area contributed by atoms with Gasteiger partial charge in [0.15, 0.2) is 0 Å². The molecule has 0 fully saturated rings. The molecule has 0 aromatic heterocycles. The number of hydrogen-bond acceptors (Lipinski definition) is 4. The average Bonchev–Trinajstić information content (AvgIpc) is 2.62. The molecule has 0 aliphatic rings. The minimum atomic E-state index is -0.0281. The first-order valence-corrected chi connectivity index (χ1v) is 8.62. The van der Waals surface area contributed by atoms with Gasteiger partial charge in [-0.05, 0) is 43.3 Å². The van der Waals surface area contributed by atoms with Crippen LogP contribution in [0.2, 0.25) is 0 Å². The molecule has 3 N–H and O–H groups in total. The number of anilines is 2. The van der Waals surface area contributed by atoms with Gasteiger partial charge in [0.1, 0.15) is 5.75 Å². The fourth-order valence-electron chi connectivity index (χ4n) is 2.69. The summed E-state index contributed by atoms with van der Waals surface area (Å²) in [7, 11) is 1.57. The van der Waals surface area contributed by atoms with Gasteiger partial charge < -0.3 is 15.8 Å². The first-order chi connectivity index (χ1) is 12.1. The molecule has 134 valence electrons. The number of nitrogens with zero attached hydrogens (tertiary/aromatic N) is 1. The van der Waals surface area contributed by atoms with Crippen LogP contribution < -0.4 is 15.8 Å². The lowest BCUT2D eigenvalue weighted by molar-refractivity contribution is -0.116. The number of ether oxygens (including phenoxy) is 1. The van der Waals surface area contributed by atoms with Gasteiger partial charge in [0.25, 0.3) is 0 Å². The molecule has 5 nitrogen and oxygen atoms in total. The average molecular weight is 341 g/mol. The highest BCUT2D eigenvalue weighted by Gasteiger charge is 2.09. The summed E-state index contributed by atoms with van der Waals surface area (Å²) in [5.41, 5.74) is 8.27. The van der Waals surface area contributed by atoms with Gasteiger partial charge in [0, 0.05) is 18.7 Å². The molecule has 0 bridgehead atoms. The highest BCUT2D eigenvalue weighted by molar-refractivity contribution is 5.92. The van der Waals surface area contributed by atoms with E-state index in [2.05, 4.69) is 41.4 Å². The number of carbonyl (C=O) groups is 1. The summed E-state index contributed by atoms with van der Waals surface area (Å²) in [5.74, 6) is 0.585. The number of carbonyl (C=O) groups excluding carboxylic acids is 1. The molecule has 0 aliphatic heterocycles. The van der Waals surface area contributed by atoms with Gasteiger partial charge in [-0.1, -0.05) is 37.3 Å². The number of benzene rings is 2. The minimum Gasteiger partial charge on any atom is -0.495 e. The number of rotatable bonds is 9. The number of nitrogens with two attached hydrogens (primary N) is 1. The first kappa shape index (κ1) is 18.8. The van der Waals surface area contributed by atoms with Crippen LogP contribution in [-0.2, 0) is 11.3 Å². The van der Waals surface area contributed by atoms with Crippen molar-refractivity contribution in [2.45, 2.75) is 26.3 Å². The van der Waals surface area contributed by atoms with Crippen LogP contribution in [0.5, 0.6) is 5.75 Å². The number of hydrogen-bond donors (Lipinski definition) is 2. The van der Waals surface area contributed by atoms with Crippen LogP contribution in [0.4, 0.5) is 11.4 Å². The van der Waals surface area contributed by atoms with Crippen molar-refractivity contribution in [2.75, 3.05) is 31.2 Å². The highest BCUT2D eigenvalue weighted by Crippen LogP contribution is 2.26. The Labute approximate surface area is 149 Å². The standard InChI is InChI=1S/C20H27N3O2/c1-3-23(15-16-8-5-4-6-9-16)13-7-10-20(24)22-18-14-17(21)11-12-19(18)25-2/h4-6,8-9,11-12,14H,3,7,10,13,15,21H2,1-2H3,(H,22,24). The monoisotopic (exact) mass is 341 g/mol. The van der Waals surface area contributed by atoms with Crippen LogP contribution in [0.3, 0.4) is 0 Å². The van der Waals surface area contributed by atoms with E-state index >= 15 is 0 Å². The summed E-state index contributed by atoms with van der Waals surface area (Å²) in [5, 5.41) is 2.88. The molecular weight excluding hydrogens is 314 g/mol. The first-order valence-electron chi connectivity index (χ1n) is 8.62. The molecule has 0 unspecified atom stereocenters. The van der Waals surface area contributed by atoms with E-state index in [1.54, 1.807) is 25.3 Å². The van der Waals surface area contributed by atoms with E-state index in [1.165, 1.54) is 5.56 Å². The lowest BCUT2D eigenvalue weighted by Crippen LogP contribution is -2.25. The van der Waals surface area contributed by atoms with Gasteiger partial charge >= 0.3 is 0 Å². The largest absolute Gasteiger partial charge is 0.495 e. The molecule has 2 aromatic rings. The second-order valence-corrected chi connectivity index (χ2v) is 5.97. The molecule has 0 atom stereocenters. The molecule has 2 aromatic carbocycles. The fourth-order valence-corrected chi connectivity index (χ4v) is 2.69. The maximum atomic E-state index is 12.2. The molecule has 0 aliphatic carbocycles. The number of nitrogen functional groups attached to an aromatic ring is 1. The van der Waals surface area contributed by atoms with Gasteiger partial charge in [0.2, 0.25) is 5.91 Å². The quantitative estimate of drug-likeness (QED) is 0.685. The van der Waals surface area contributed by atoms with Crippen molar-refractivity contribution in [3.05, 3.63) is 54.1 Å². The van der Waals surface area contributed by atoms with Gasteiger partial charge in [-0.25, -0.2) is 0 Å². The zero-order valence-electron chi connectivity index (χ0n) is 15.0. The predicted molar refractivity (Wildman–Crippen MR) is 103 cm³/mol. The SMILES string of the molecule is CCN(CCCC(=O)Nc1cc(N)ccc1OC)Cc1ccccc1. The second-order valence-electron chi connectivity index (χ2n) is 5.97. The van der Waals surface area contributed by atoms with Crippen molar-refractivity contribution in [2.24, 2.45) is 0 Å². The normalized spacial score (nSPS) is 10.7. The van der Waals surface area contributed by atoms with Crippen molar-refractivity contribution >= 4 is 17.3 Å². The summed E-state index contributed by atoms with van der Waals surface area (Å²) in [6, 6.07) is 15.6. The van der Waals surface area contributed by atoms with E-state index in [0.29, 0.717) is 23.5 Å². The Balaban J connectivity index is 1.80. The predicted octanol–water partition coefficient (Wildman–Crippen LogP) is 3.52. The Morgan fingerprint density at radius 1 is 1.20 bits per heavy atom. The molecular formula is C20H27N3O2. The number of amides is 1. The van der Waals surface area contributed by atoms with Crippen molar-refractivity contribution in [3.63, 3.8) is 0 Å². The molecule has 0 saturated carbocycles. The molecule has 1 amide bonds. The summed E-state index contributed by atoms with van der Waals surface area (Å²) >= 11 is 0. The van der Waals surface area contributed by atoms with Gasteiger partial charge in [0.05, 0.1) is 12.8 Å². The topological polar surface area (TPSA) is 67.6 Å². The van der Waals surface area contributed by atoms with Crippen LogP contribution in [0, 0.1) is 0 Å². The Morgan fingerprint density at radius 2 is 1.96 bits per heavy atom. The zero-order chi connectivity index (χ0) is 18.1. The van der Waals surface area contributed by atoms with Crippen molar-refractivity contribution in [1.29, 1.82) is 0 Å². The summed E-state index contributed by atoms with van der Waals surface area (Å²) in [6.45, 7) is 4.88. The van der Waals surface area contributed by atoms with Crippen LogP contribution in [0.15, 0.2) is 48.5 Å². The van der Waals surface area contributed by atoms with Crippen LogP contribution in [0.1, 0.15) is 25.3 Å². The molecule has 0 saturated heterocycles. The van der Waals surface area contributed by atoms with E-state index in [9.17, 15) is 4.79 Å². The molecule has 0 heterocycles. The summed E-state index contributed by atoms with van der Waals surface area (Å²) in [6.07, 6.45) is 1.26. The van der Waals surface area contributed by atoms with Crippen LogP contribution >= 0.6 is 0 Å². The second kappa shape index (κ2) is 9.69. The molecule has 0 radical (unpaired) electrons. The highest BCUT2D eigenvalue weighted by atomic mass is 16.5. The molecule has 25 heavy (non-hydrogen) atoms. The summed E-state index contributed by atoms with van der Waals surface area (Å²) < 4.78 is 5.25. The Morgan fingerprint density at radius 3 is 2.64 bits per heavy atom. The van der Waals surface area contributed by atoms with Gasteiger partial charge in [-0.15, -0.1) is 0 Å². The third-order valence-corrected chi connectivity index (χ3v) is 4.07. The van der Waals surface area contributed by atoms with E-state index in [4.69, 9.17) is 10.5 Å². The Bertz CT molecular complexity index is 674. The van der Waals surface area contributed by atoms with Crippen LogP contribution in [-0.4, -0.2) is 31.0 Å². The lowest BCUT2D eigenvalue weighted by atomic mass is 10.2. The summed E-state index contributed by atoms with van der Waals surface area (Å²) in [4.78, 5) is 14.5. The van der Waals surface area contributed by atoms with Crippen molar-refractivity contribution in [3.8, 4) is 5.75 Å². The Hall–Kier alpha value is -2.53.